The van der Waals surface area contributed by atoms with E-state index in [4.69, 9.17) is 0 Å². The van der Waals surface area contributed by atoms with Crippen LogP contribution in [-0.2, 0) is 6.54 Å². The quantitative estimate of drug-likeness (QED) is 0.923. The van der Waals surface area contributed by atoms with Gasteiger partial charge in [0.2, 0.25) is 0 Å². The summed E-state index contributed by atoms with van der Waals surface area (Å²) in [6, 6.07) is 6.40. The molecule has 2 saturated heterocycles. The van der Waals surface area contributed by atoms with Crippen LogP contribution in [0.2, 0.25) is 0 Å². The van der Waals surface area contributed by atoms with Gasteiger partial charge in [0.1, 0.15) is 5.82 Å². The van der Waals surface area contributed by atoms with Crippen LogP contribution in [0, 0.1) is 5.82 Å². The van der Waals surface area contributed by atoms with Gasteiger partial charge in [-0.05, 0) is 45.0 Å². The van der Waals surface area contributed by atoms with Crippen LogP contribution in [-0.4, -0.2) is 43.7 Å². The lowest BCUT2D eigenvalue weighted by Gasteiger charge is -2.49. The Balaban J connectivity index is 1.88. The standard InChI is InChI=1S/C17H26FN3/c1-13-11-20-9-4-3-7-15(20)12-21(13)17-14(10-19-2)6-5-8-16(17)18/h5-6,8,13,15,19H,3-4,7,9-12H2,1-2H3. The number of nitrogens with zero attached hydrogens (tertiary/aromatic N) is 2. The molecule has 0 aromatic heterocycles. The first-order valence-electron chi connectivity index (χ1n) is 8.13. The van der Waals surface area contributed by atoms with Gasteiger partial charge in [-0.2, -0.15) is 0 Å². The summed E-state index contributed by atoms with van der Waals surface area (Å²) in [5.74, 6) is -0.0844. The number of hydrogen-bond acceptors (Lipinski definition) is 3. The van der Waals surface area contributed by atoms with Crippen LogP contribution >= 0.6 is 0 Å². The van der Waals surface area contributed by atoms with E-state index in [1.807, 2.05) is 19.2 Å². The lowest BCUT2D eigenvalue weighted by atomic mass is 9.96. The second-order valence-electron chi connectivity index (χ2n) is 6.42. The van der Waals surface area contributed by atoms with Crippen molar-refractivity contribution in [2.24, 2.45) is 0 Å². The van der Waals surface area contributed by atoms with Crippen molar-refractivity contribution in [2.75, 3.05) is 31.6 Å². The Bertz CT molecular complexity index is 491. The van der Waals surface area contributed by atoms with Gasteiger partial charge in [0.15, 0.2) is 0 Å². The highest BCUT2D eigenvalue weighted by molar-refractivity contribution is 5.56. The summed E-state index contributed by atoms with van der Waals surface area (Å²) in [5, 5.41) is 3.16. The number of fused-ring (bicyclic) bond motifs is 1. The van der Waals surface area contributed by atoms with Crippen molar-refractivity contribution in [3.63, 3.8) is 0 Å². The first-order valence-corrected chi connectivity index (χ1v) is 8.13. The van der Waals surface area contributed by atoms with Crippen LogP contribution in [0.4, 0.5) is 10.1 Å². The van der Waals surface area contributed by atoms with Crippen LogP contribution in [0.15, 0.2) is 18.2 Å². The Hall–Kier alpha value is -1.13. The molecule has 0 saturated carbocycles. The van der Waals surface area contributed by atoms with Crippen molar-refractivity contribution in [2.45, 2.75) is 44.8 Å². The molecule has 0 radical (unpaired) electrons. The van der Waals surface area contributed by atoms with Crippen LogP contribution in [0.25, 0.3) is 0 Å². The van der Waals surface area contributed by atoms with E-state index >= 15 is 0 Å². The summed E-state index contributed by atoms with van der Waals surface area (Å²) < 4.78 is 14.5. The molecule has 3 rings (SSSR count). The second kappa shape index (κ2) is 6.32. The van der Waals surface area contributed by atoms with Crippen LogP contribution in [0.5, 0.6) is 0 Å². The van der Waals surface area contributed by atoms with Gasteiger partial charge in [0.25, 0.3) is 0 Å². The molecule has 0 spiro atoms. The lowest BCUT2D eigenvalue weighted by Crippen LogP contribution is -2.59. The van der Waals surface area contributed by atoms with Crippen molar-refractivity contribution in [3.8, 4) is 0 Å². The van der Waals surface area contributed by atoms with E-state index in [-0.39, 0.29) is 5.82 Å². The van der Waals surface area contributed by atoms with E-state index in [1.54, 1.807) is 6.07 Å². The fraction of sp³-hybridized carbons (Fsp3) is 0.647. The fourth-order valence-corrected chi connectivity index (χ4v) is 3.88. The number of piperazine rings is 1. The van der Waals surface area contributed by atoms with Gasteiger partial charge in [-0.3, -0.25) is 4.90 Å². The van der Waals surface area contributed by atoms with Crippen LogP contribution < -0.4 is 10.2 Å². The molecule has 2 heterocycles. The largest absolute Gasteiger partial charge is 0.363 e. The van der Waals surface area contributed by atoms with E-state index in [1.165, 1.54) is 25.8 Å². The first-order chi connectivity index (χ1) is 10.2. The number of nitrogens with one attached hydrogen (secondary N) is 1. The van der Waals surface area contributed by atoms with Crippen molar-refractivity contribution in [1.82, 2.24) is 10.2 Å². The topological polar surface area (TPSA) is 18.5 Å². The van der Waals surface area contributed by atoms with Crippen molar-refractivity contribution in [1.29, 1.82) is 0 Å². The van der Waals surface area contributed by atoms with Gasteiger partial charge in [-0.15, -0.1) is 0 Å². The SMILES string of the molecule is CNCc1cccc(F)c1N1CC2CCCCN2CC1C. The molecule has 2 fully saturated rings. The number of benzene rings is 1. The molecule has 21 heavy (non-hydrogen) atoms. The molecule has 1 aromatic rings. The molecule has 116 valence electrons. The van der Waals surface area contributed by atoms with Gasteiger partial charge in [0, 0.05) is 31.7 Å². The third-order valence-corrected chi connectivity index (χ3v) is 4.91. The Morgan fingerprint density at radius 2 is 2.14 bits per heavy atom. The van der Waals surface area contributed by atoms with Gasteiger partial charge < -0.3 is 10.2 Å². The molecule has 2 aliphatic heterocycles. The summed E-state index contributed by atoms with van der Waals surface area (Å²) in [4.78, 5) is 4.90. The molecule has 3 nitrogen and oxygen atoms in total. The Kier molecular flexibility index (Phi) is 4.45. The highest BCUT2D eigenvalue weighted by atomic mass is 19.1. The highest BCUT2D eigenvalue weighted by Gasteiger charge is 2.34. The van der Waals surface area contributed by atoms with Gasteiger partial charge in [0.05, 0.1) is 5.69 Å². The maximum Gasteiger partial charge on any atom is 0.146 e. The molecule has 1 aromatic carbocycles. The smallest absolute Gasteiger partial charge is 0.146 e. The van der Waals surface area contributed by atoms with Crippen molar-refractivity contribution < 1.29 is 4.39 Å². The minimum atomic E-state index is -0.0844. The summed E-state index contributed by atoms with van der Waals surface area (Å²) in [5.41, 5.74) is 1.87. The van der Waals surface area contributed by atoms with E-state index in [2.05, 4.69) is 22.0 Å². The number of hydrogen-bond donors (Lipinski definition) is 1. The van der Waals surface area contributed by atoms with E-state index in [0.29, 0.717) is 18.6 Å². The molecular formula is C17H26FN3. The fourth-order valence-electron chi connectivity index (χ4n) is 3.88. The van der Waals surface area contributed by atoms with Crippen molar-refractivity contribution >= 4 is 5.69 Å². The zero-order valence-electron chi connectivity index (χ0n) is 13.1. The maximum absolute atomic E-state index is 14.5. The highest BCUT2D eigenvalue weighted by Crippen LogP contribution is 2.32. The minimum Gasteiger partial charge on any atom is -0.363 e. The predicted octanol–water partition coefficient (Wildman–Crippen LogP) is 2.61. The van der Waals surface area contributed by atoms with Gasteiger partial charge in [-0.25, -0.2) is 4.39 Å². The van der Waals surface area contributed by atoms with Crippen molar-refractivity contribution in [3.05, 3.63) is 29.6 Å². The molecule has 2 atom stereocenters. The first kappa shape index (κ1) is 14.8. The predicted molar refractivity (Wildman–Crippen MR) is 85.2 cm³/mol. The van der Waals surface area contributed by atoms with Crippen LogP contribution in [0.3, 0.4) is 0 Å². The van der Waals surface area contributed by atoms with E-state index < -0.39 is 0 Å². The van der Waals surface area contributed by atoms with Crippen LogP contribution in [0.1, 0.15) is 31.7 Å². The lowest BCUT2D eigenvalue weighted by molar-refractivity contribution is 0.115. The van der Waals surface area contributed by atoms with Gasteiger partial charge >= 0.3 is 0 Å². The summed E-state index contributed by atoms with van der Waals surface area (Å²) in [6.45, 7) is 6.16. The molecule has 0 aliphatic carbocycles. The summed E-state index contributed by atoms with van der Waals surface area (Å²) >= 11 is 0. The van der Waals surface area contributed by atoms with E-state index in [0.717, 1.165) is 24.3 Å². The molecule has 2 aliphatic rings. The molecule has 1 N–H and O–H groups in total. The Labute approximate surface area is 127 Å². The zero-order chi connectivity index (χ0) is 14.8. The average molecular weight is 291 g/mol. The minimum absolute atomic E-state index is 0.0844. The zero-order valence-corrected chi connectivity index (χ0v) is 13.1. The normalized spacial score (nSPS) is 26.7. The number of piperidine rings is 1. The summed E-state index contributed by atoms with van der Waals surface area (Å²) in [7, 11) is 1.91. The maximum atomic E-state index is 14.5. The molecule has 4 heteroatoms. The molecule has 2 unspecified atom stereocenters. The molecule has 0 bridgehead atoms. The molecular weight excluding hydrogens is 265 g/mol. The third-order valence-electron chi connectivity index (χ3n) is 4.91. The Morgan fingerprint density at radius 1 is 1.29 bits per heavy atom. The second-order valence-corrected chi connectivity index (χ2v) is 6.42. The summed E-state index contributed by atoms with van der Waals surface area (Å²) in [6.07, 6.45) is 3.87. The number of para-hydroxylation sites is 1. The number of anilines is 1. The number of halogens is 1. The average Bonchev–Trinajstić information content (AvgIpc) is 2.48. The van der Waals surface area contributed by atoms with Gasteiger partial charge in [-0.1, -0.05) is 18.6 Å². The monoisotopic (exact) mass is 291 g/mol. The number of rotatable bonds is 3. The van der Waals surface area contributed by atoms with E-state index in [9.17, 15) is 4.39 Å². The molecule has 0 amide bonds. The Morgan fingerprint density at radius 3 is 2.95 bits per heavy atom. The third kappa shape index (κ3) is 2.92.